The molecule has 0 saturated carbocycles. The van der Waals surface area contributed by atoms with Crippen LogP contribution < -0.4 is 0 Å². The fourth-order valence-corrected chi connectivity index (χ4v) is 5.04. The third kappa shape index (κ3) is 4.82. The summed E-state index contributed by atoms with van der Waals surface area (Å²) in [5.74, 6) is 1.06. The van der Waals surface area contributed by atoms with Crippen molar-refractivity contribution in [1.82, 2.24) is 9.80 Å². The molecule has 7 heteroatoms. The molecule has 34 heavy (non-hydrogen) atoms. The molecule has 4 heterocycles. The van der Waals surface area contributed by atoms with Gasteiger partial charge in [0.25, 0.3) is 5.91 Å². The summed E-state index contributed by atoms with van der Waals surface area (Å²) < 4.78 is 16.9. The zero-order valence-corrected chi connectivity index (χ0v) is 19.8. The Labute approximate surface area is 199 Å². The molecular formula is C27H32N2O5. The highest BCUT2D eigenvalue weighted by molar-refractivity contribution is 5.96. The molecule has 1 aromatic carbocycles. The molecule has 2 atom stereocenters. The average molecular weight is 465 g/mol. The first kappa shape index (κ1) is 22.9. The van der Waals surface area contributed by atoms with E-state index in [1.165, 1.54) is 0 Å². The molecule has 2 aliphatic rings. The summed E-state index contributed by atoms with van der Waals surface area (Å²) in [4.78, 5) is 17.1. The number of carbonyl (C=O) groups is 1. The van der Waals surface area contributed by atoms with Crippen LogP contribution >= 0.6 is 0 Å². The SMILES string of the molecule is C[C@@H]1CN(C(=O)c2cc3cc(C4(O)CCN(C/C=C/c5ccco5)CC4)ccc3o2)C[C@H](C)O1. The summed E-state index contributed by atoms with van der Waals surface area (Å²) in [7, 11) is 0. The van der Waals surface area contributed by atoms with E-state index in [1.807, 2.05) is 50.3 Å². The lowest BCUT2D eigenvalue weighted by Gasteiger charge is -2.38. The van der Waals surface area contributed by atoms with Crippen molar-refractivity contribution in [3.63, 3.8) is 0 Å². The topological polar surface area (TPSA) is 79.3 Å². The van der Waals surface area contributed by atoms with Crippen molar-refractivity contribution in [2.45, 2.75) is 44.5 Å². The Morgan fingerprint density at radius 3 is 2.62 bits per heavy atom. The first-order valence-electron chi connectivity index (χ1n) is 12.0. The number of nitrogens with zero attached hydrogens (tertiary/aromatic N) is 2. The summed E-state index contributed by atoms with van der Waals surface area (Å²) >= 11 is 0. The van der Waals surface area contributed by atoms with Crippen LogP contribution in [0.5, 0.6) is 0 Å². The fraction of sp³-hybridized carbons (Fsp3) is 0.444. The minimum absolute atomic E-state index is 0.00410. The fourth-order valence-electron chi connectivity index (χ4n) is 5.04. The Morgan fingerprint density at radius 1 is 1.15 bits per heavy atom. The molecule has 2 saturated heterocycles. The largest absolute Gasteiger partial charge is 0.465 e. The highest BCUT2D eigenvalue weighted by Crippen LogP contribution is 2.35. The van der Waals surface area contributed by atoms with Gasteiger partial charge in [-0.15, -0.1) is 0 Å². The van der Waals surface area contributed by atoms with Gasteiger partial charge in [-0.1, -0.05) is 12.1 Å². The van der Waals surface area contributed by atoms with Crippen LogP contribution in [0.3, 0.4) is 0 Å². The van der Waals surface area contributed by atoms with Crippen molar-refractivity contribution in [2.75, 3.05) is 32.7 Å². The van der Waals surface area contributed by atoms with E-state index in [1.54, 1.807) is 17.2 Å². The van der Waals surface area contributed by atoms with Crippen molar-refractivity contribution in [3.05, 3.63) is 65.8 Å². The summed E-state index contributed by atoms with van der Waals surface area (Å²) in [6.07, 6.45) is 7.05. The highest BCUT2D eigenvalue weighted by atomic mass is 16.5. The molecule has 2 aliphatic heterocycles. The third-order valence-electron chi connectivity index (χ3n) is 6.84. The standard InChI is InChI=1S/C27H32N2O5/c1-19-17-29(18-20(2)33-19)26(30)25-16-21-15-22(7-8-24(21)34-25)27(31)9-12-28(13-10-27)11-3-5-23-6-4-14-32-23/h3-8,14-16,19-20,31H,9-13,17-18H2,1-2H3/b5-3+/t19-,20+. The maximum atomic E-state index is 13.0. The molecule has 0 unspecified atom stereocenters. The molecule has 1 amide bonds. The number of hydrogen-bond donors (Lipinski definition) is 1. The molecule has 7 nitrogen and oxygen atoms in total. The lowest BCUT2D eigenvalue weighted by molar-refractivity contribution is -0.0591. The number of piperidine rings is 1. The summed E-state index contributed by atoms with van der Waals surface area (Å²) in [5.41, 5.74) is 0.649. The van der Waals surface area contributed by atoms with Gasteiger partial charge >= 0.3 is 0 Å². The summed E-state index contributed by atoms with van der Waals surface area (Å²) in [6, 6.07) is 11.4. The molecule has 0 spiro atoms. The number of rotatable bonds is 5. The Morgan fingerprint density at radius 2 is 1.91 bits per heavy atom. The van der Waals surface area contributed by atoms with Crippen LogP contribution in [-0.4, -0.2) is 65.7 Å². The monoisotopic (exact) mass is 464 g/mol. The minimum atomic E-state index is -0.883. The van der Waals surface area contributed by atoms with Gasteiger partial charge < -0.3 is 23.6 Å². The molecule has 0 radical (unpaired) electrons. The van der Waals surface area contributed by atoms with Crippen LogP contribution in [0, 0.1) is 0 Å². The van der Waals surface area contributed by atoms with Crippen molar-refractivity contribution < 1.29 is 23.5 Å². The lowest BCUT2D eigenvalue weighted by Crippen LogP contribution is -2.48. The van der Waals surface area contributed by atoms with Gasteiger partial charge in [-0.3, -0.25) is 9.69 Å². The van der Waals surface area contributed by atoms with Gasteiger partial charge in [0, 0.05) is 38.1 Å². The first-order chi connectivity index (χ1) is 16.4. The second-order valence-electron chi connectivity index (χ2n) is 9.58. The van der Waals surface area contributed by atoms with Crippen LogP contribution in [0.25, 0.3) is 17.0 Å². The van der Waals surface area contributed by atoms with Gasteiger partial charge in [0.1, 0.15) is 11.3 Å². The number of fused-ring (bicyclic) bond motifs is 1. The molecule has 1 N–H and O–H groups in total. The number of morpholine rings is 1. The van der Waals surface area contributed by atoms with E-state index in [0.29, 0.717) is 37.3 Å². The second kappa shape index (κ2) is 9.41. The molecular weight excluding hydrogens is 432 g/mol. The molecule has 5 rings (SSSR count). The number of benzene rings is 1. The number of likely N-dealkylation sites (tertiary alicyclic amines) is 1. The summed E-state index contributed by atoms with van der Waals surface area (Å²) in [5, 5.41) is 12.2. The zero-order chi connectivity index (χ0) is 23.7. The van der Waals surface area contributed by atoms with Gasteiger partial charge in [0.05, 0.1) is 24.1 Å². The Bertz CT molecular complexity index is 1150. The van der Waals surface area contributed by atoms with E-state index < -0.39 is 5.60 Å². The number of amides is 1. The molecule has 2 aromatic heterocycles. The molecule has 0 aliphatic carbocycles. The Kier molecular flexibility index (Phi) is 6.34. The van der Waals surface area contributed by atoms with E-state index in [2.05, 4.69) is 11.0 Å². The zero-order valence-electron chi connectivity index (χ0n) is 19.8. The van der Waals surface area contributed by atoms with Gasteiger partial charge in [-0.05, 0) is 68.7 Å². The van der Waals surface area contributed by atoms with E-state index in [-0.39, 0.29) is 18.1 Å². The molecule has 180 valence electrons. The summed E-state index contributed by atoms with van der Waals surface area (Å²) in [6.45, 7) is 7.49. The highest BCUT2D eigenvalue weighted by Gasteiger charge is 2.34. The molecule has 2 fully saturated rings. The molecule has 0 bridgehead atoms. The minimum Gasteiger partial charge on any atom is -0.465 e. The predicted molar refractivity (Wildman–Crippen MR) is 129 cm³/mol. The maximum Gasteiger partial charge on any atom is 0.289 e. The first-order valence-corrected chi connectivity index (χ1v) is 12.0. The van der Waals surface area contributed by atoms with Gasteiger partial charge in [0.2, 0.25) is 0 Å². The van der Waals surface area contributed by atoms with Crippen LogP contribution in [0.2, 0.25) is 0 Å². The van der Waals surface area contributed by atoms with E-state index in [0.717, 1.165) is 36.3 Å². The van der Waals surface area contributed by atoms with Crippen molar-refractivity contribution in [1.29, 1.82) is 0 Å². The third-order valence-corrected chi connectivity index (χ3v) is 6.84. The maximum absolute atomic E-state index is 13.0. The van der Waals surface area contributed by atoms with Crippen LogP contribution in [0.4, 0.5) is 0 Å². The normalized spacial score (nSPS) is 23.7. The average Bonchev–Trinajstić information content (AvgIpc) is 3.48. The van der Waals surface area contributed by atoms with Crippen LogP contribution in [0.15, 0.2) is 57.6 Å². The van der Waals surface area contributed by atoms with E-state index >= 15 is 0 Å². The van der Waals surface area contributed by atoms with Gasteiger partial charge in [-0.25, -0.2) is 0 Å². The number of ether oxygens (including phenoxy) is 1. The number of carbonyl (C=O) groups excluding carboxylic acids is 1. The quantitative estimate of drug-likeness (QED) is 0.608. The van der Waals surface area contributed by atoms with Gasteiger partial charge in [0.15, 0.2) is 5.76 Å². The number of aliphatic hydroxyl groups is 1. The lowest BCUT2D eigenvalue weighted by atomic mass is 9.84. The van der Waals surface area contributed by atoms with E-state index in [9.17, 15) is 9.90 Å². The van der Waals surface area contributed by atoms with Crippen LogP contribution in [0.1, 0.15) is 48.6 Å². The Balaban J connectivity index is 1.25. The van der Waals surface area contributed by atoms with Crippen molar-refractivity contribution in [2.24, 2.45) is 0 Å². The van der Waals surface area contributed by atoms with Crippen LogP contribution in [-0.2, 0) is 10.3 Å². The van der Waals surface area contributed by atoms with Crippen molar-refractivity contribution in [3.8, 4) is 0 Å². The number of hydrogen-bond acceptors (Lipinski definition) is 6. The van der Waals surface area contributed by atoms with E-state index in [4.69, 9.17) is 13.6 Å². The van der Waals surface area contributed by atoms with Gasteiger partial charge in [-0.2, -0.15) is 0 Å². The predicted octanol–water partition coefficient (Wildman–Crippen LogP) is 4.27. The van der Waals surface area contributed by atoms with Crippen molar-refractivity contribution >= 4 is 23.0 Å². The second-order valence-corrected chi connectivity index (χ2v) is 9.58. The smallest absolute Gasteiger partial charge is 0.289 e. The Hall–Kier alpha value is -2.87. The molecule has 3 aromatic rings. The number of furan rings is 2.